The number of imidazole rings is 1. The zero-order valence-electron chi connectivity index (χ0n) is 11.3. The summed E-state index contributed by atoms with van der Waals surface area (Å²) in [5.41, 5.74) is 0.698. The molecule has 6 nitrogen and oxygen atoms in total. The fourth-order valence-electron chi connectivity index (χ4n) is 1.90. The van der Waals surface area contributed by atoms with Gasteiger partial charge >= 0.3 is 0 Å². The molecule has 0 fully saturated rings. The first kappa shape index (κ1) is 14.1. The van der Waals surface area contributed by atoms with E-state index in [2.05, 4.69) is 15.3 Å². The molecule has 110 valence electrons. The predicted molar refractivity (Wildman–Crippen MR) is 82.4 cm³/mol. The van der Waals surface area contributed by atoms with E-state index in [1.54, 1.807) is 41.5 Å². The predicted octanol–water partition coefficient (Wildman–Crippen LogP) is 2.88. The lowest BCUT2D eigenvalue weighted by Gasteiger charge is -2.08. The third-order valence-electron chi connectivity index (χ3n) is 2.98. The van der Waals surface area contributed by atoms with Crippen LogP contribution in [0.3, 0.4) is 0 Å². The van der Waals surface area contributed by atoms with E-state index in [4.69, 9.17) is 11.6 Å². The van der Waals surface area contributed by atoms with Gasteiger partial charge in [-0.3, -0.25) is 9.36 Å². The van der Waals surface area contributed by atoms with Crippen LogP contribution in [-0.4, -0.2) is 25.5 Å². The van der Waals surface area contributed by atoms with E-state index in [-0.39, 0.29) is 17.3 Å². The summed E-state index contributed by atoms with van der Waals surface area (Å²) in [7, 11) is 0. The topological polar surface area (TPSA) is 80.0 Å². The van der Waals surface area contributed by atoms with Crippen molar-refractivity contribution in [2.45, 2.75) is 0 Å². The number of phenols is 1. The molecule has 22 heavy (non-hydrogen) atoms. The number of phenolic OH excluding ortho intramolecular Hbond substituents is 1. The Balaban J connectivity index is 1.85. The van der Waals surface area contributed by atoms with Crippen LogP contribution in [0, 0.1) is 0 Å². The van der Waals surface area contributed by atoms with Crippen LogP contribution in [0.4, 0.5) is 5.69 Å². The number of nitrogens with one attached hydrogen (secondary N) is 1. The number of halogens is 1. The Morgan fingerprint density at radius 1 is 1.23 bits per heavy atom. The Kier molecular flexibility index (Phi) is 3.76. The van der Waals surface area contributed by atoms with Gasteiger partial charge in [-0.05, 0) is 24.3 Å². The van der Waals surface area contributed by atoms with Gasteiger partial charge < -0.3 is 10.4 Å². The number of carbonyl (C=O) groups is 1. The number of benzene rings is 1. The number of rotatable bonds is 3. The Morgan fingerprint density at radius 3 is 2.82 bits per heavy atom. The van der Waals surface area contributed by atoms with Crippen LogP contribution in [0.25, 0.3) is 5.82 Å². The average Bonchev–Trinajstić information content (AvgIpc) is 3.04. The summed E-state index contributed by atoms with van der Waals surface area (Å²) in [6, 6.07) is 7.70. The van der Waals surface area contributed by atoms with E-state index >= 15 is 0 Å². The second-order valence-electron chi connectivity index (χ2n) is 4.49. The molecule has 0 atom stereocenters. The maximum atomic E-state index is 12.3. The fourth-order valence-corrected chi connectivity index (χ4v) is 2.07. The summed E-state index contributed by atoms with van der Waals surface area (Å²) < 4.78 is 1.69. The molecule has 0 radical (unpaired) electrons. The molecule has 3 rings (SSSR count). The van der Waals surface area contributed by atoms with Crippen LogP contribution in [0.2, 0.25) is 5.02 Å². The minimum absolute atomic E-state index is 0.0928. The normalized spacial score (nSPS) is 10.4. The molecule has 2 heterocycles. The third kappa shape index (κ3) is 2.91. The number of aromatic nitrogens is 3. The Morgan fingerprint density at radius 2 is 2.09 bits per heavy atom. The first-order valence-corrected chi connectivity index (χ1v) is 6.75. The maximum Gasteiger partial charge on any atom is 0.255 e. The summed E-state index contributed by atoms with van der Waals surface area (Å²) in [6.07, 6.45) is 6.48. The molecule has 0 aliphatic rings. The van der Waals surface area contributed by atoms with Crippen LogP contribution in [0.5, 0.6) is 5.75 Å². The molecule has 0 aliphatic carbocycles. The van der Waals surface area contributed by atoms with Gasteiger partial charge in [0.05, 0.1) is 5.69 Å². The van der Waals surface area contributed by atoms with E-state index in [1.807, 2.05) is 0 Å². The molecule has 0 saturated carbocycles. The molecular formula is C15H11ClN4O2. The van der Waals surface area contributed by atoms with E-state index in [1.165, 1.54) is 18.3 Å². The summed E-state index contributed by atoms with van der Waals surface area (Å²) >= 11 is 5.76. The highest BCUT2D eigenvalue weighted by Gasteiger charge is 2.10. The average molecular weight is 315 g/mol. The van der Waals surface area contributed by atoms with Gasteiger partial charge in [0, 0.05) is 35.2 Å². The second kappa shape index (κ2) is 5.87. The van der Waals surface area contributed by atoms with E-state index in [9.17, 15) is 9.90 Å². The molecular weight excluding hydrogens is 304 g/mol. The molecule has 0 unspecified atom stereocenters. The van der Waals surface area contributed by atoms with Gasteiger partial charge in [-0.15, -0.1) is 0 Å². The lowest BCUT2D eigenvalue weighted by Crippen LogP contribution is -2.12. The highest BCUT2D eigenvalue weighted by Crippen LogP contribution is 2.27. The molecule has 0 saturated heterocycles. The maximum absolute atomic E-state index is 12.3. The van der Waals surface area contributed by atoms with Gasteiger partial charge in [-0.2, -0.15) is 0 Å². The van der Waals surface area contributed by atoms with Crippen LogP contribution < -0.4 is 5.32 Å². The summed E-state index contributed by atoms with van der Waals surface area (Å²) in [4.78, 5) is 20.4. The van der Waals surface area contributed by atoms with Crippen molar-refractivity contribution in [2.24, 2.45) is 0 Å². The molecule has 1 amide bonds. The minimum atomic E-state index is -0.360. The van der Waals surface area contributed by atoms with Gasteiger partial charge in [-0.25, -0.2) is 9.97 Å². The first-order valence-electron chi connectivity index (χ1n) is 6.38. The summed E-state index contributed by atoms with van der Waals surface area (Å²) in [6.45, 7) is 0. The number of carbonyl (C=O) groups excluding carboxylic acids is 1. The number of hydrogen-bond acceptors (Lipinski definition) is 4. The summed E-state index contributed by atoms with van der Waals surface area (Å²) in [5.74, 6) is 0.122. The quantitative estimate of drug-likeness (QED) is 0.728. The van der Waals surface area contributed by atoms with Crippen LogP contribution in [0.15, 0.2) is 55.2 Å². The zero-order chi connectivity index (χ0) is 15.5. The van der Waals surface area contributed by atoms with Crippen LogP contribution in [0.1, 0.15) is 10.4 Å². The number of amides is 1. The molecule has 0 aliphatic heterocycles. The minimum Gasteiger partial charge on any atom is -0.506 e. The van der Waals surface area contributed by atoms with Crippen LogP contribution >= 0.6 is 11.6 Å². The van der Waals surface area contributed by atoms with Crippen molar-refractivity contribution in [2.75, 3.05) is 5.32 Å². The van der Waals surface area contributed by atoms with Gasteiger partial charge in [0.25, 0.3) is 5.91 Å². The largest absolute Gasteiger partial charge is 0.506 e. The van der Waals surface area contributed by atoms with E-state index in [0.717, 1.165) is 0 Å². The number of aromatic hydroxyl groups is 1. The lowest BCUT2D eigenvalue weighted by molar-refractivity contribution is 0.102. The molecule has 1 aromatic carbocycles. The number of pyridine rings is 1. The van der Waals surface area contributed by atoms with Crippen molar-refractivity contribution < 1.29 is 9.90 Å². The molecule has 7 heteroatoms. The Labute approximate surface area is 131 Å². The molecule has 2 N–H and O–H groups in total. The SMILES string of the molecule is O=C(Nc1ccc(Cl)cc1O)c1ccnc(-n2ccnc2)c1. The molecule has 2 aromatic heterocycles. The monoisotopic (exact) mass is 314 g/mol. The Bertz CT molecular complexity index is 818. The van der Waals surface area contributed by atoms with Crippen LogP contribution in [-0.2, 0) is 0 Å². The summed E-state index contributed by atoms with van der Waals surface area (Å²) in [5, 5.41) is 12.8. The van der Waals surface area contributed by atoms with Gasteiger partial charge in [0.15, 0.2) is 0 Å². The third-order valence-corrected chi connectivity index (χ3v) is 3.22. The van der Waals surface area contributed by atoms with Crippen molar-refractivity contribution in [1.29, 1.82) is 0 Å². The zero-order valence-corrected chi connectivity index (χ0v) is 12.0. The van der Waals surface area contributed by atoms with Crippen molar-refractivity contribution in [1.82, 2.24) is 14.5 Å². The van der Waals surface area contributed by atoms with Crippen molar-refractivity contribution in [3.63, 3.8) is 0 Å². The Hall–Kier alpha value is -2.86. The highest BCUT2D eigenvalue weighted by molar-refractivity contribution is 6.30. The molecule has 0 spiro atoms. The van der Waals surface area contributed by atoms with E-state index < -0.39 is 0 Å². The number of hydrogen-bond donors (Lipinski definition) is 2. The van der Waals surface area contributed by atoms with Gasteiger partial charge in [0.1, 0.15) is 17.9 Å². The number of anilines is 1. The van der Waals surface area contributed by atoms with Crippen molar-refractivity contribution in [3.05, 3.63) is 65.8 Å². The molecule has 3 aromatic rings. The van der Waals surface area contributed by atoms with Crippen molar-refractivity contribution in [3.8, 4) is 11.6 Å². The van der Waals surface area contributed by atoms with Gasteiger partial charge in [0.2, 0.25) is 0 Å². The second-order valence-corrected chi connectivity index (χ2v) is 4.92. The standard InChI is InChI=1S/C15H11ClN4O2/c16-11-1-2-12(13(21)8-11)19-15(22)10-3-4-18-14(7-10)20-6-5-17-9-20/h1-9,21H,(H,19,22). The lowest BCUT2D eigenvalue weighted by atomic mass is 10.2. The highest BCUT2D eigenvalue weighted by atomic mass is 35.5. The fraction of sp³-hybridized carbons (Fsp3) is 0. The van der Waals surface area contributed by atoms with E-state index in [0.29, 0.717) is 16.4 Å². The molecule has 0 bridgehead atoms. The van der Waals surface area contributed by atoms with Gasteiger partial charge in [-0.1, -0.05) is 11.6 Å². The number of nitrogens with zero attached hydrogens (tertiary/aromatic N) is 3. The smallest absolute Gasteiger partial charge is 0.255 e. The van der Waals surface area contributed by atoms with Crippen molar-refractivity contribution >= 4 is 23.2 Å². The first-order chi connectivity index (χ1) is 10.6.